The van der Waals surface area contributed by atoms with Crippen molar-refractivity contribution in [3.63, 3.8) is 0 Å². The molecule has 2 rings (SSSR count). The van der Waals surface area contributed by atoms with Gasteiger partial charge in [-0.3, -0.25) is 4.79 Å². The normalized spacial score (nSPS) is 11.6. The molecule has 1 amide bonds. The number of carbonyl (C=O) groups excluding carboxylic acids is 2. The van der Waals surface area contributed by atoms with Crippen LogP contribution in [-0.4, -0.2) is 18.0 Å². The molecule has 0 fully saturated rings. The highest BCUT2D eigenvalue weighted by Gasteiger charge is 2.17. The number of carbonyl (C=O) groups is 2. The average molecular weight is 389 g/mol. The Bertz CT molecular complexity index is 904. The molecule has 26 heavy (non-hydrogen) atoms. The molecule has 2 aromatic rings. The molecule has 0 aliphatic rings. The SMILES string of the molecule is C[C@H](OC(=O)/C=C/c1ccc(Cl)c(Cl)c1)C(=O)Nc1ccccc1C#N. The number of halogens is 2. The zero-order valence-corrected chi connectivity index (χ0v) is 15.2. The van der Waals surface area contributed by atoms with Gasteiger partial charge in [-0.05, 0) is 42.8 Å². The maximum atomic E-state index is 12.1. The monoisotopic (exact) mass is 388 g/mol. The first-order valence-electron chi connectivity index (χ1n) is 7.54. The molecular formula is C19H14Cl2N2O3. The third kappa shape index (κ3) is 5.35. The lowest BCUT2D eigenvalue weighted by Crippen LogP contribution is -2.29. The Kier molecular flexibility index (Phi) is 6.79. The van der Waals surface area contributed by atoms with Gasteiger partial charge in [0.15, 0.2) is 6.10 Å². The summed E-state index contributed by atoms with van der Waals surface area (Å²) in [6.45, 7) is 1.44. The molecular weight excluding hydrogens is 375 g/mol. The van der Waals surface area contributed by atoms with Gasteiger partial charge in [-0.1, -0.05) is 41.4 Å². The lowest BCUT2D eigenvalue weighted by atomic mass is 10.2. The molecule has 0 aromatic heterocycles. The fourth-order valence-corrected chi connectivity index (χ4v) is 2.28. The van der Waals surface area contributed by atoms with Gasteiger partial charge in [-0.15, -0.1) is 0 Å². The Morgan fingerprint density at radius 1 is 1.19 bits per heavy atom. The quantitative estimate of drug-likeness (QED) is 0.605. The lowest BCUT2D eigenvalue weighted by molar-refractivity contribution is -0.148. The Hall–Kier alpha value is -2.81. The van der Waals surface area contributed by atoms with Gasteiger partial charge in [-0.2, -0.15) is 5.26 Å². The number of nitrogens with one attached hydrogen (secondary N) is 1. The number of ether oxygens (including phenoxy) is 1. The van der Waals surface area contributed by atoms with Crippen molar-refractivity contribution in [3.05, 3.63) is 69.7 Å². The Labute approximate surface area is 160 Å². The van der Waals surface area contributed by atoms with Crippen molar-refractivity contribution < 1.29 is 14.3 Å². The predicted octanol–water partition coefficient (Wildman–Crippen LogP) is 4.45. The van der Waals surface area contributed by atoms with Gasteiger partial charge >= 0.3 is 5.97 Å². The van der Waals surface area contributed by atoms with Gasteiger partial charge in [0, 0.05) is 6.08 Å². The van der Waals surface area contributed by atoms with Crippen LogP contribution in [0.25, 0.3) is 6.08 Å². The highest BCUT2D eigenvalue weighted by atomic mass is 35.5. The van der Waals surface area contributed by atoms with E-state index >= 15 is 0 Å². The smallest absolute Gasteiger partial charge is 0.331 e. The van der Waals surface area contributed by atoms with E-state index < -0.39 is 18.0 Å². The van der Waals surface area contributed by atoms with Crippen LogP contribution in [0.4, 0.5) is 5.69 Å². The van der Waals surface area contributed by atoms with E-state index in [0.717, 1.165) is 0 Å². The zero-order chi connectivity index (χ0) is 19.1. The van der Waals surface area contributed by atoms with Crippen LogP contribution in [0, 0.1) is 11.3 Å². The minimum Gasteiger partial charge on any atom is -0.449 e. The first kappa shape index (κ1) is 19.5. The highest BCUT2D eigenvalue weighted by Crippen LogP contribution is 2.23. The number of amides is 1. The largest absolute Gasteiger partial charge is 0.449 e. The fourth-order valence-electron chi connectivity index (χ4n) is 1.97. The van der Waals surface area contributed by atoms with Gasteiger partial charge in [0.2, 0.25) is 0 Å². The molecule has 1 N–H and O–H groups in total. The molecule has 0 radical (unpaired) electrons. The van der Waals surface area contributed by atoms with Crippen LogP contribution in [0.3, 0.4) is 0 Å². The van der Waals surface area contributed by atoms with Crippen LogP contribution < -0.4 is 5.32 Å². The summed E-state index contributed by atoms with van der Waals surface area (Å²) in [6.07, 6.45) is 1.65. The molecule has 132 valence electrons. The summed E-state index contributed by atoms with van der Waals surface area (Å²) in [5.41, 5.74) is 1.34. The second-order valence-electron chi connectivity index (χ2n) is 5.23. The van der Waals surface area contributed by atoms with E-state index in [9.17, 15) is 9.59 Å². The van der Waals surface area contributed by atoms with Crippen LogP contribution in [0.2, 0.25) is 10.0 Å². The standard InChI is InChI=1S/C19H14Cl2N2O3/c1-12(19(25)23-17-5-3-2-4-14(17)11-22)26-18(24)9-7-13-6-8-15(20)16(21)10-13/h2-10,12H,1H3,(H,23,25)/b9-7+/t12-/m0/s1. The van der Waals surface area contributed by atoms with E-state index in [1.54, 1.807) is 42.5 Å². The van der Waals surface area contributed by atoms with E-state index in [1.807, 2.05) is 6.07 Å². The third-order valence-electron chi connectivity index (χ3n) is 3.32. The maximum absolute atomic E-state index is 12.1. The average Bonchev–Trinajstić information content (AvgIpc) is 2.63. The van der Waals surface area contributed by atoms with Crippen molar-refractivity contribution in [1.82, 2.24) is 0 Å². The molecule has 0 bridgehead atoms. The van der Waals surface area contributed by atoms with E-state index in [-0.39, 0.29) is 0 Å². The summed E-state index contributed by atoms with van der Waals surface area (Å²) in [5.74, 6) is -1.23. The Morgan fingerprint density at radius 2 is 1.92 bits per heavy atom. The molecule has 0 heterocycles. The topological polar surface area (TPSA) is 79.2 Å². The van der Waals surface area contributed by atoms with Crippen molar-refractivity contribution in [1.29, 1.82) is 5.26 Å². The molecule has 0 spiro atoms. The fraction of sp³-hybridized carbons (Fsp3) is 0.105. The van der Waals surface area contributed by atoms with Crippen molar-refractivity contribution in [2.45, 2.75) is 13.0 Å². The van der Waals surface area contributed by atoms with Crippen LogP contribution in [-0.2, 0) is 14.3 Å². The predicted molar refractivity (Wildman–Crippen MR) is 101 cm³/mol. The molecule has 1 atom stereocenters. The maximum Gasteiger partial charge on any atom is 0.331 e. The van der Waals surface area contributed by atoms with Crippen molar-refractivity contribution in [3.8, 4) is 6.07 Å². The van der Waals surface area contributed by atoms with Crippen LogP contribution in [0.5, 0.6) is 0 Å². The van der Waals surface area contributed by atoms with Gasteiger partial charge in [-0.25, -0.2) is 4.79 Å². The third-order valence-corrected chi connectivity index (χ3v) is 4.06. The lowest BCUT2D eigenvalue weighted by Gasteiger charge is -2.13. The number of esters is 1. The molecule has 7 heteroatoms. The summed E-state index contributed by atoms with van der Waals surface area (Å²) >= 11 is 11.7. The Balaban J connectivity index is 1.95. The van der Waals surface area contributed by atoms with Crippen LogP contribution >= 0.6 is 23.2 Å². The van der Waals surface area contributed by atoms with E-state index in [0.29, 0.717) is 26.9 Å². The van der Waals surface area contributed by atoms with Crippen molar-refractivity contribution >= 4 is 46.8 Å². The molecule has 0 aliphatic heterocycles. The molecule has 0 aliphatic carbocycles. The van der Waals surface area contributed by atoms with Crippen molar-refractivity contribution in [2.24, 2.45) is 0 Å². The second-order valence-corrected chi connectivity index (χ2v) is 6.05. The molecule has 0 saturated heterocycles. The first-order chi connectivity index (χ1) is 12.4. The number of para-hydroxylation sites is 1. The highest BCUT2D eigenvalue weighted by molar-refractivity contribution is 6.42. The number of benzene rings is 2. The summed E-state index contributed by atoms with van der Waals surface area (Å²) in [7, 11) is 0. The summed E-state index contributed by atoms with van der Waals surface area (Å²) in [4.78, 5) is 24.0. The summed E-state index contributed by atoms with van der Waals surface area (Å²) in [5, 5.41) is 12.4. The van der Waals surface area contributed by atoms with E-state index in [4.69, 9.17) is 33.2 Å². The van der Waals surface area contributed by atoms with Crippen LogP contribution in [0.15, 0.2) is 48.5 Å². The minimum atomic E-state index is -1.03. The summed E-state index contributed by atoms with van der Waals surface area (Å²) < 4.78 is 5.05. The number of hydrogen-bond acceptors (Lipinski definition) is 4. The molecule has 5 nitrogen and oxygen atoms in total. The number of nitriles is 1. The molecule has 2 aromatic carbocycles. The van der Waals surface area contributed by atoms with E-state index in [1.165, 1.54) is 19.1 Å². The zero-order valence-electron chi connectivity index (χ0n) is 13.7. The second kappa shape index (κ2) is 9.04. The number of anilines is 1. The van der Waals surface area contributed by atoms with Gasteiger partial charge in [0.25, 0.3) is 5.91 Å². The van der Waals surface area contributed by atoms with Gasteiger partial charge < -0.3 is 10.1 Å². The molecule has 0 saturated carbocycles. The van der Waals surface area contributed by atoms with Gasteiger partial charge in [0.1, 0.15) is 6.07 Å². The minimum absolute atomic E-state index is 0.318. The Morgan fingerprint density at radius 3 is 2.62 bits per heavy atom. The molecule has 0 unspecified atom stereocenters. The number of hydrogen-bond donors (Lipinski definition) is 1. The van der Waals surface area contributed by atoms with Crippen molar-refractivity contribution in [2.75, 3.05) is 5.32 Å². The number of nitrogens with zero attached hydrogens (tertiary/aromatic N) is 1. The number of rotatable bonds is 5. The summed E-state index contributed by atoms with van der Waals surface area (Å²) in [6, 6.07) is 13.4. The van der Waals surface area contributed by atoms with Crippen LogP contribution in [0.1, 0.15) is 18.1 Å². The first-order valence-corrected chi connectivity index (χ1v) is 8.30. The van der Waals surface area contributed by atoms with Gasteiger partial charge in [0.05, 0.1) is 21.3 Å². The van der Waals surface area contributed by atoms with E-state index in [2.05, 4.69) is 5.32 Å².